The maximum atomic E-state index is 12.5. The van der Waals surface area contributed by atoms with Crippen molar-refractivity contribution in [1.29, 1.82) is 0 Å². The number of ether oxygens (including phenoxy) is 2. The summed E-state index contributed by atoms with van der Waals surface area (Å²) in [4.78, 5) is 24.0. The maximum Gasteiger partial charge on any atom is 0.326 e. The number of methoxy groups -OCH3 is 2. The van der Waals surface area contributed by atoms with Gasteiger partial charge in [0.05, 0.1) is 14.2 Å². The lowest BCUT2D eigenvalue weighted by Gasteiger charge is -2.18. The van der Waals surface area contributed by atoms with Crippen LogP contribution in [-0.4, -0.2) is 37.2 Å². The second kappa shape index (κ2) is 9.62. The Kier molecular flexibility index (Phi) is 7.23. The van der Waals surface area contributed by atoms with Gasteiger partial charge in [0.25, 0.3) is 0 Å². The zero-order valence-corrected chi connectivity index (χ0v) is 15.8. The van der Waals surface area contributed by atoms with E-state index in [9.17, 15) is 14.7 Å². The van der Waals surface area contributed by atoms with E-state index in [1.165, 1.54) is 0 Å². The first kappa shape index (κ1) is 20.3. The molecule has 0 aliphatic heterocycles. The van der Waals surface area contributed by atoms with Crippen LogP contribution >= 0.6 is 0 Å². The Bertz CT molecular complexity index is 775. The van der Waals surface area contributed by atoms with Gasteiger partial charge in [-0.3, -0.25) is 4.79 Å². The number of amides is 1. The summed E-state index contributed by atoms with van der Waals surface area (Å²) in [7, 11) is 3.12. The third-order valence-corrected chi connectivity index (χ3v) is 4.33. The maximum absolute atomic E-state index is 12.5. The van der Waals surface area contributed by atoms with E-state index in [0.29, 0.717) is 17.9 Å². The molecule has 27 heavy (non-hydrogen) atoms. The van der Waals surface area contributed by atoms with Crippen molar-refractivity contribution in [3.05, 3.63) is 59.7 Å². The SMILES string of the molecule is COc1ccc(CC(C)C(=O)N[C@H](Cc2ccccc2)C(=O)O)cc1OC. The molecule has 0 spiro atoms. The van der Waals surface area contributed by atoms with Crippen molar-refractivity contribution < 1.29 is 24.2 Å². The monoisotopic (exact) mass is 371 g/mol. The highest BCUT2D eigenvalue weighted by atomic mass is 16.5. The zero-order valence-electron chi connectivity index (χ0n) is 15.8. The molecule has 2 N–H and O–H groups in total. The lowest BCUT2D eigenvalue weighted by Crippen LogP contribution is -2.44. The molecule has 2 rings (SSSR count). The Hall–Kier alpha value is -3.02. The molecule has 2 aromatic rings. The number of aliphatic carboxylic acids is 1. The van der Waals surface area contributed by atoms with Crippen molar-refractivity contribution in [3.8, 4) is 11.5 Å². The van der Waals surface area contributed by atoms with E-state index in [2.05, 4.69) is 5.32 Å². The Morgan fingerprint density at radius 2 is 1.63 bits per heavy atom. The number of nitrogens with one attached hydrogen (secondary N) is 1. The van der Waals surface area contributed by atoms with Crippen molar-refractivity contribution in [1.82, 2.24) is 5.32 Å². The summed E-state index contributed by atoms with van der Waals surface area (Å²) in [6.07, 6.45) is 0.703. The van der Waals surface area contributed by atoms with E-state index >= 15 is 0 Å². The molecule has 0 bridgehead atoms. The first-order chi connectivity index (χ1) is 12.9. The summed E-state index contributed by atoms with van der Waals surface area (Å²) < 4.78 is 10.5. The van der Waals surface area contributed by atoms with Gasteiger partial charge >= 0.3 is 5.97 Å². The molecule has 0 aliphatic carbocycles. The molecule has 0 saturated heterocycles. The van der Waals surface area contributed by atoms with E-state index in [1.54, 1.807) is 27.2 Å². The molecule has 0 aromatic heterocycles. The van der Waals surface area contributed by atoms with Gasteiger partial charge in [0.2, 0.25) is 5.91 Å². The highest BCUT2D eigenvalue weighted by Gasteiger charge is 2.23. The summed E-state index contributed by atoms with van der Waals surface area (Å²) in [5.41, 5.74) is 1.77. The zero-order chi connectivity index (χ0) is 19.8. The van der Waals surface area contributed by atoms with E-state index in [1.807, 2.05) is 42.5 Å². The molecule has 0 heterocycles. The van der Waals surface area contributed by atoms with E-state index in [-0.39, 0.29) is 18.2 Å². The highest BCUT2D eigenvalue weighted by molar-refractivity contribution is 5.85. The summed E-state index contributed by atoms with van der Waals surface area (Å²) in [5, 5.41) is 12.1. The number of benzene rings is 2. The van der Waals surface area contributed by atoms with Crippen LogP contribution in [-0.2, 0) is 22.4 Å². The summed E-state index contributed by atoms with van der Waals surface area (Å²) >= 11 is 0. The lowest BCUT2D eigenvalue weighted by molar-refractivity contribution is -0.142. The normalized spacial score (nSPS) is 12.7. The molecule has 1 amide bonds. The molecule has 2 aromatic carbocycles. The third-order valence-electron chi connectivity index (χ3n) is 4.33. The second-order valence-electron chi connectivity index (χ2n) is 6.38. The quantitative estimate of drug-likeness (QED) is 0.708. The van der Waals surface area contributed by atoms with Crippen LogP contribution in [0.1, 0.15) is 18.1 Å². The Balaban J connectivity index is 2.01. The molecule has 1 unspecified atom stereocenters. The minimum atomic E-state index is -1.05. The van der Waals surface area contributed by atoms with Crippen molar-refractivity contribution >= 4 is 11.9 Å². The largest absolute Gasteiger partial charge is 0.493 e. The number of hydrogen-bond donors (Lipinski definition) is 2. The van der Waals surface area contributed by atoms with Gasteiger partial charge in [-0.1, -0.05) is 43.3 Å². The van der Waals surface area contributed by atoms with Gasteiger partial charge in [0.15, 0.2) is 11.5 Å². The van der Waals surface area contributed by atoms with Crippen LogP contribution in [0, 0.1) is 5.92 Å². The van der Waals surface area contributed by atoms with Crippen LogP contribution in [0.4, 0.5) is 0 Å². The van der Waals surface area contributed by atoms with Crippen LogP contribution in [0.2, 0.25) is 0 Å². The molecule has 6 heteroatoms. The summed E-state index contributed by atoms with van der Waals surface area (Å²) in [6, 6.07) is 13.7. The number of carbonyl (C=O) groups is 2. The van der Waals surface area contributed by atoms with E-state index in [4.69, 9.17) is 9.47 Å². The van der Waals surface area contributed by atoms with Crippen molar-refractivity contribution in [2.45, 2.75) is 25.8 Å². The molecule has 0 fully saturated rings. The fraction of sp³-hybridized carbons (Fsp3) is 0.333. The van der Waals surface area contributed by atoms with Crippen molar-refractivity contribution in [2.75, 3.05) is 14.2 Å². The van der Waals surface area contributed by atoms with Crippen LogP contribution in [0.3, 0.4) is 0 Å². The number of rotatable bonds is 9. The average molecular weight is 371 g/mol. The van der Waals surface area contributed by atoms with Crippen molar-refractivity contribution in [3.63, 3.8) is 0 Å². The van der Waals surface area contributed by atoms with Gasteiger partial charge in [0.1, 0.15) is 6.04 Å². The number of carboxylic acids is 1. The standard InChI is InChI=1S/C21H25NO5/c1-14(11-16-9-10-18(26-2)19(13-16)27-3)20(23)22-17(21(24)25)12-15-7-5-4-6-8-15/h4-10,13-14,17H,11-12H2,1-3H3,(H,22,23)(H,24,25)/t14?,17-/m1/s1. The van der Waals surface area contributed by atoms with Crippen LogP contribution < -0.4 is 14.8 Å². The molecule has 6 nitrogen and oxygen atoms in total. The molecular weight excluding hydrogens is 346 g/mol. The smallest absolute Gasteiger partial charge is 0.326 e. The third kappa shape index (κ3) is 5.74. The Morgan fingerprint density at radius 1 is 0.963 bits per heavy atom. The predicted molar refractivity (Wildman–Crippen MR) is 102 cm³/mol. The first-order valence-corrected chi connectivity index (χ1v) is 8.72. The highest BCUT2D eigenvalue weighted by Crippen LogP contribution is 2.28. The predicted octanol–water partition coefficient (Wildman–Crippen LogP) is 2.69. The molecule has 0 aliphatic rings. The minimum absolute atomic E-state index is 0.241. The number of hydrogen-bond acceptors (Lipinski definition) is 4. The van der Waals surface area contributed by atoms with E-state index < -0.39 is 12.0 Å². The Morgan fingerprint density at radius 3 is 2.22 bits per heavy atom. The van der Waals surface area contributed by atoms with Gasteiger partial charge in [0, 0.05) is 12.3 Å². The van der Waals surface area contributed by atoms with Crippen LogP contribution in [0.15, 0.2) is 48.5 Å². The molecular formula is C21H25NO5. The molecule has 0 radical (unpaired) electrons. The molecule has 0 saturated carbocycles. The topological polar surface area (TPSA) is 84.9 Å². The fourth-order valence-electron chi connectivity index (χ4n) is 2.82. The minimum Gasteiger partial charge on any atom is -0.493 e. The van der Waals surface area contributed by atoms with Gasteiger partial charge in [-0.05, 0) is 29.7 Å². The first-order valence-electron chi connectivity index (χ1n) is 8.72. The average Bonchev–Trinajstić information content (AvgIpc) is 2.67. The Labute approximate surface area is 159 Å². The molecule has 2 atom stereocenters. The fourth-order valence-corrected chi connectivity index (χ4v) is 2.82. The lowest BCUT2D eigenvalue weighted by atomic mass is 9.98. The van der Waals surface area contributed by atoms with Crippen LogP contribution in [0.5, 0.6) is 11.5 Å². The van der Waals surface area contributed by atoms with Gasteiger partial charge in [-0.2, -0.15) is 0 Å². The van der Waals surface area contributed by atoms with Gasteiger partial charge in [-0.15, -0.1) is 0 Å². The van der Waals surface area contributed by atoms with Crippen LogP contribution in [0.25, 0.3) is 0 Å². The summed E-state index contributed by atoms with van der Waals surface area (Å²) in [6.45, 7) is 1.77. The second-order valence-corrected chi connectivity index (χ2v) is 6.38. The van der Waals surface area contributed by atoms with Crippen molar-refractivity contribution in [2.24, 2.45) is 5.92 Å². The summed E-state index contributed by atoms with van der Waals surface area (Å²) in [5.74, 6) is -0.526. The van der Waals surface area contributed by atoms with Gasteiger partial charge < -0.3 is 19.9 Å². The number of carboxylic acid groups (broad SMARTS) is 1. The van der Waals surface area contributed by atoms with Gasteiger partial charge in [-0.25, -0.2) is 4.79 Å². The molecule has 144 valence electrons. The number of carbonyl (C=O) groups excluding carboxylic acids is 1. The van der Waals surface area contributed by atoms with E-state index in [0.717, 1.165) is 11.1 Å².